The number of benzene rings is 1. The first kappa shape index (κ1) is 23.4. The van der Waals surface area contributed by atoms with Gasteiger partial charge in [0, 0.05) is 26.2 Å². The van der Waals surface area contributed by atoms with Gasteiger partial charge in [-0.3, -0.25) is 9.89 Å². The van der Waals surface area contributed by atoms with Crippen LogP contribution in [0.15, 0.2) is 29.3 Å². The molecule has 1 unspecified atom stereocenters. The number of rotatable bonds is 5. The molecule has 2 saturated heterocycles. The molecule has 0 amide bonds. The van der Waals surface area contributed by atoms with Gasteiger partial charge in [0.15, 0.2) is 15.8 Å². The highest BCUT2D eigenvalue weighted by Gasteiger charge is 2.28. The maximum atomic E-state index is 11.6. The van der Waals surface area contributed by atoms with Gasteiger partial charge in [-0.1, -0.05) is 37.1 Å². The molecule has 1 atom stereocenters. The van der Waals surface area contributed by atoms with Crippen molar-refractivity contribution in [1.29, 1.82) is 0 Å². The van der Waals surface area contributed by atoms with Crippen molar-refractivity contribution in [3.8, 4) is 0 Å². The van der Waals surface area contributed by atoms with Gasteiger partial charge in [-0.15, -0.1) is 24.0 Å². The summed E-state index contributed by atoms with van der Waals surface area (Å²) in [4.78, 5) is 6.77. The summed E-state index contributed by atoms with van der Waals surface area (Å²) in [6.07, 6.45) is 6.01. The van der Waals surface area contributed by atoms with Crippen molar-refractivity contribution in [1.82, 2.24) is 15.5 Å². The Morgan fingerprint density at radius 1 is 1.11 bits per heavy atom. The minimum atomic E-state index is -2.89. The monoisotopic (exact) mass is 520 g/mol. The van der Waals surface area contributed by atoms with E-state index in [0.717, 1.165) is 6.54 Å². The zero-order valence-electron chi connectivity index (χ0n) is 16.7. The maximum absolute atomic E-state index is 11.6. The SMILES string of the molecule is CN=C(NCc1ccc(CN2CCCCCC2)cc1)NC1CCS(=O)(=O)C1.I. The van der Waals surface area contributed by atoms with Gasteiger partial charge >= 0.3 is 0 Å². The van der Waals surface area contributed by atoms with Gasteiger partial charge < -0.3 is 10.6 Å². The van der Waals surface area contributed by atoms with Crippen LogP contribution in [-0.4, -0.2) is 57.0 Å². The molecule has 28 heavy (non-hydrogen) atoms. The second-order valence-corrected chi connectivity index (χ2v) is 9.91. The molecule has 2 aliphatic heterocycles. The Kier molecular flexibility index (Phi) is 9.49. The lowest BCUT2D eigenvalue weighted by atomic mass is 10.1. The van der Waals surface area contributed by atoms with Gasteiger partial charge in [0.05, 0.1) is 11.5 Å². The van der Waals surface area contributed by atoms with Crippen molar-refractivity contribution in [2.75, 3.05) is 31.6 Å². The minimum Gasteiger partial charge on any atom is -0.353 e. The normalized spacial score (nSPS) is 22.9. The topological polar surface area (TPSA) is 73.8 Å². The Morgan fingerprint density at radius 3 is 2.32 bits per heavy atom. The van der Waals surface area contributed by atoms with Crippen molar-refractivity contribution in [2.45, 2.75) is 51.2 Å². The van der Waals surface area contributed by atoms with E-state index >= 15 is 0 Å². The van der Waals surface area contributed by atoms with E-state index in [9.17, 15) is 8.42 Å². The Hall–Kier alpha value is -0.870. The van der Waals surface area contributed by atoms with Crippen molar-refractivity contribution >= 4 is 39.8 Å². The van der Waals surface area contributed by atoms with Crippen molar-refractivity contribution in [2.24, 2.45) is 4.99 Å². The minimum absolute atomic E-state index is 0. The summed E-state index contributed by atoms with van der Waals surface area (Å²) >= 11 is 0. The van der Waals surface area contributed by atoms with Gasteiger partial charge in [-0.05, 0) is 43.5 Å². The quantitative estimate of drug-likeness (QED) is 0.355. The Bertz CT molecular complexity index is 729. The first-order chi connectivity index (χ1) is 13.0. The third-order valence-corrected chi connectivity index (χ3v) is 7.15. The average molecular weight is 520 g/mol. The van der Waals surface area contributed by atoms with Crippen LogP contribution >= 0.6 is 24.0 Å². The zero-order chi connectivity index (χ0) is 19.1. The van der Waals surface area contributed by atoms with E-state index in [-0.39, 0.29) is 41.5 Å². The van der Waals surface area contributed by atoms with Gasteiger partial charge in [-0.25, -0.2) is 8.42 Å². The highest BCUT2D eigenvalue weighted by atomic mass is 127. The van der Waals surface area contributed by atoms with Gasteiger partial charge in [0.1, 0.15) is 0 Å². The third-order valence-electron chi connectivity index (χ3n) is 5.38. The molecule has 0 bridgehead atoms. The molecule has 1 aromatic rings. The van der Waals surface area contributed by atoms with Crippen LogP contribution < -0.4 is 10.6 Å². The highest BCUT2D eigenvalue weighted by Crippen LogP contribution is 2.14. The number of nitrogens with zero attached hydrogens (tertiary/aromatic N) is 2. The first-order valence-electron chi connectivity index (χ1n) is 10.0. The molecule has 158 valence electrons. The molecular formula is C20H33IN4O2S. The molecule has 0 saturated carbocycles. The molecule has 0 spiro atoms. The first-order valence-corrected chi connectivity index (χ1v) is 11.8. The van der Waals surface area contributed by atoms with E-state index in [1.807, 2.05) is 0 Å². The molecule has 0 aliphatic carbocycles. The predicted octanol–water partition coefficient (Wildman–Crippen LogP) is 2.53. The maximum Gasteiger partial charge on any atom is 0.191 e. The predicted molar refractivity (Wildman–Crippen MR) is 126 cm³/mol. The molecule has 0 radical (unpaired) electrons. The molecule has 6 nitrogen and oxygen atoms in total. The Morgan fingerprint density at radius 2 is 1.75 bits per heavy atom. The number of nitrogens with one attached hydrogen (secondary N) is 2. The number of guanidine groups is 1. The van der Waals surface area contributed by atoms with E-state index in [1.165, 1.54) is 49.9 Å². The van der Waals surface area contributed by atoms with E-state index in [1.54, 1.807) is 7.05 Å². The summed E-state index contributed by atoms with van der Waals surface area (Å²) in [5.74, 6) is 1.12. The summed E-state index contributed by atoms with van der Waals surface area (Å²) < 4.78 is 23.2. The van der Waals surface area contributed by atoms with E-state index in [4.69, 9.17) is 0 Å². The molecule has 2 N–H and O–H groups in total. The number of likely N-dealkylation sites (tertiary alicyclic amines) is 1. The van der Waals surface area contributed by atoms with Crippen molar-refractivity contribution < 1.29 is 8.42 Å². The largest absolute Gasteiger partial charge is 0.353 e. The molecule has 8 heteroatoms. The van der Waals surface area contributed by atoms with E-state index < -0.39 is 9.84 Å². The molecule has 3 rings (SSSR count). The number of hydrogen-bond donors (Lipinski definition) is 2. The van der Waals surface area contributed by atoms with Crippen LogP contribution in [0.5, 0.6) is 0 Å². The average Bonchev–Trinajstić information content (AvgIpc) is 2.84. The van der Waals surface area contributed by atoms with Crippen LogP contribution in [0.25, 0.3) is 0 Å². The molecular weight excluding hydrogens is 487 g/mol. The molecule has 1 aromatic carbocycles. The standard InChI is InChI=1S/C20H32N4O2S.HI/c1-21-20(23-19-10-13-27(25,26)16-19)22-14-17-6-8-18(9-7-17)15-24-11-4-2-3-5-12-24;/h6-9,19H,2-5,10-16H2,1H3,(H2,21,22,23);1H. The molecule has 2 aliphatic rings. The van der Waals surface area contributed by atoms with E-state index in [2.05, 4.69) is 44.8 Å². The Balaban J connectivity index is 0.00000280. The molecule has 2 heterocycles. The summed E-state index contributed by atoms with van der Waals surface area (Å²) in [7, 11) is -1.17. The van der Waals surface area contributed by atoms with Crippen LogP contribution in [0.3, 0.4) is 0 Å². The lowest BCUT2D eigenvalue weighted by Gasteiger charge is -2.20. The van der Waals surface area contributed by atoms with Crippen LogP contribution in [-0.2, 0) is 22.9 Å². The smallest absolute Gasteiger partial charge is 0.191 e. The summed E-state index contributed by atoms with van der Waals surface area (Å²) in [6.45, 7) is 4.13. The van der Waals surface area contributed by atoms with Crippen molar-refractivity contribution in [3.05, 3.63) is 35.4 Å². The molecule has 2 fully saturated rings. The summed E-state index contributed by atoms with van der Waals surface area (Å²) in [5.41, 5.74) is 2.55. The highest BCUT2D eigenvalue weighted by molar-refractivity contribution is 14.0. The lowest BCUT2D eigenvalue weighted by Crippen LogP contribution is -2.43. The van der Waals surface area contributed by atoms with Crippen LogP contribution in [0.1, 0.15) is 43.2 Å². The Labute approximate surface area is 186 Å². The lowest BCUT2D eigenvalue weighted by molar-refractivity contribution is 0.277. The van der Waals surface area contributed by atoms with Gasteiger partial charge in [-0.2, -0.15) is 0 Å². The molecule has 0 aromatic heterocycles. The van der Waals surface area contributed by atoms with Crippen molar-refractivity contribution in [3.63, 3.8) is 0 Å². The fraction of sp³-hybridized carbons (Fsp3) is 0.650. The number of halogens is 1. The van der Waals surface area contributed by atoms with Gasteiger partial charge in [0.25, 0.3) is 0 Å². The van der Waals surface area contributed by atoms with Crippen LogP contribution in [0, 0.1) is 0 Å². The second-order valence-electron chi connectivity index (χ2n) is 7.68. The van der Waals surface area contributed by atoms with Gasteiger partial charge in [0.2, 0.25) is 0 Å². The van der Waals surface area contributed by atoms with E-state index in [0.29, 0.717) is 18.9 Å². The fourth-order valence-corrected chi connectivity index (χ4v) is 5.47. The van der Waals surface area contributed by atoms with Crippen LogP contribution in [0.2, 0.25) is 0 Å². The summed E-state index contributed by atoms with van der Waals surface area (Å²) in [5, 5.41) is 6.50. The second kappa shape index (κ2) is 11.3. The fourth-order valence-electron chi connectivity index (χ4n) is 3.80. The number of hydrogen-bond acceptors (Lipinski definition) is 4. The number of aliphatic imine (C=N–C) groups is 1. The van der Waals surface area contributed by atoms with Crippen LogP contribution in [0.4, 0.5) is 0 Å². The summed E-state index contributed by atoms with van der Waals surface area (Å²) in [6, 6.07) is 8.70. The zero-order valence-corrected chi connectivity index (χ0v) is 19.8. The number of sulfone groups is 1. The third kappa shape index (κ3) is 7.51.